The first-order valence-corrected chi connectivity index (χ1v) is 14.3. The van der Waals surface area contributed by atoms with Gasteiger partial charge in [-0.05, 0) is 36.8 Å². The average molecular weight is 595 g/mol. The van der Waals surface area contributed by atoms with Crippen molar-refractivity contribution in [2.45, 2.75) is 26.1 Å². The molecule has 13 heteroatoms. The van der Waals surface area contributed by atoms with Crippen LogP contribution in [0.1, 0.15) is 24.5 Å². The highest BCUT2D eigenvalue weighted by Gasteiger charge is 2.34. The van der Waals surface area contributed by atoms with Crippen molar-refractivity contribution in [2.75, 3.05) is 63.9 Å². The highest BCUT2D eigenvalue weighted by Crippen LogP contribution is 2.23. The van der Waals surface area contributed by atoms with Crippen molar-refractivity contribution >= 4 is 35.6 Å². The van der Waals surface area contributed by atoms with Gasteiger partial charge in [-0.1, -0.05) is 30.3 Å². The van der Waals surface area contributed by atoms with Gasteiger partial charge in [-0.2, -0.15) is 0 Å². The highest BCUT2D eigenvalue weighted by atomic mass is 16.6. The molecule has 2 heterocycles. The summed E-state index contributed by atoms with van der Waals surface area (Å²) in [5, 5.41) is 12.8. The van der Waals surface area contributed by atoms with Crippen LogP contribution in [-0.4, -0.2) is 105 Å². The van der Waals surface area contributed by atoms with Crippen LogP contribution < -0.4 is 15.5 Å². The number of urea groups is 1. The molecule has 3 N–H and O–H groups in total. The Morgan fingerprint density at radius 2 is 1.65 bits per heavy atom. The van der Waals surface area contributed by atoms with Gasteiger partial charge in [-0.25, -0.2) is 9.59 Å². The summed E-state index contributed by atoms with van der Waals surface area (Å²) in [4.78, 5) is 54.1. The standard InChI is InChI=1S/C30H38N6O7/c1-2-41-27(38)18-32-29(39)33-28(31)23-8-10-24(11-9-23)36-20-25(43-30(36)40)19-35-16-14-34(15-17-35)13-12-26(37)42-21-22-6-4-3-5-7-22/h3-11,25H,2,12-21H2,1H3,(H3,31,32,33,39). The Morgan fingerprint density at radius 1 is 0.953 bits per heavy atom. The van der Waals surface area contributed by atoms with Gasteiger partial charge in [-0.15, -0.1) is 0 Å². The number of rotatable bonds is 12. The monoisotopic (exact) mass is 594 g/mol. The fourth-order valence-electron chi connectivity index (χ4n) is 4.77. The Morgan fingerprint density at radius 3 is 2.35 bits per heavy atom. The molecule has 43 heavy (non-hydrogen) atoms. The summed E-state index contributed by atoms with van der Waals surface area (Å²) < 4.78 is 15.7. The number of cyclic esters (lactones) is 1. The predicted octanol–water partition coefficient (Wildman–Crippen LogP) is 1.95. The first-order chi connectivity index (χ1) is 20.8. The van der Waals surface area contributed by atoms with Crippen molar-refractivity contribution in [2.24, 2.45) is 0 Å². The number of amides is 3. The van der Waals surface area contributed by atoms with Gasteiger partial charge in [0.15, 0.2) is 0 Å². The summed E-state index contributed by atoms with van der Waals surface area (Å²) in [5.41, 5.74) is 2.03. The zero-order valence-electron chi connectivity index (χ0n) is 24.3. The Kier molecular flexibility index (Phi) is 11.5. The molecule has 2 aromatic carbocycles. The molecule has 1 atom stereocenters. The number of carbonyl (C=O) groups excluding carboxylic acids is 4. The van der Waals surface area contributed by atoms with E-state index < -0.39 is 18.1 Å². The zero-order valence-corrected chi connectivity index (χ0v) is 24.3. The summed E-state index contributed by atoms with van der Waals surface area (Å²) in [7, 11) is 0. The van der Waals surface area contributed by atoms with Crippen LogP contribution in [0.15, 0.2) is 54.6 Å². The van der Waals surface area contributed by atoms with E-state index in [1.165, 1.54) is 0 Å². The first-order valence-electron chi connectivity index (χ1n) is 14.3. The summed E-state index contributed by atoms with van der Waals surface area (Å²) in [6.07, 6.45) is -0.370. The van der Waals surface area contributed by atoms with Crippen LogP contribution in [-0.2, 0) is 30.4 Å². The SMILES string of the molecule is CCOC(=O)CNC(=O)NC(=N)c1ccc(N2CC(CN3CCN(CCC(=O)OCc4ccccc4)CC3)OC2=O)cc1. The lowest BCUT2D eigenvalue weighted by molar-refractivity contribution is -0.145. The molecule has 2 aliphatic heterocycles. The van der Waals surface area contributed by atoms with Crippen molar-refractivity contribution in [1.29, 1.82) is 5.41 Å². The fourth-order valence-corrected chi connectivity index (χ4v) is 4.77. The molecule has 230 valence electrons. The Bertz CT molecular complexity index is 1270. The Labute approximate surface area is 250 Å². The number of hydrogen-bond donors (Lipinski definition) is 3. The van der Waals surface area contributed by atoms with Gasteiger partial charge in [0.25, 0.3) is 0 Å². The lowest BCUT2D eigenvalue weighted by Crippen LogP contribution is -2.49. The molecular weight excluding hydrogens is 556 g/mol. The van der Waals surface area contributed by atoms with E-state index in [0.717, 1.165) is 31.7 Å². The lowest BCUT2D eigenvalue weighted by atomic mass is 10.1. The quantitative estimate of drug-likeness (QED) is 0.145. The maximum Gasteiger partial charge on any atom is 0.414 e. The number of piperazine rings is 1. The minimum atomic E-state index is -0.699. The third kappa shape index (κ3) is 9.79. The molecule has 2 fully saturated rings. The summed E-state index contributed by atoms with van der Waals surface area (Å²) in [5.74, 6) is -0.930. The topological polar surface area (TPSA) is 154 Å². The van der Waals surface area contributed by atoms with Crippen LogP contribution in [0.2, 0.25) is 0 Å². The van der Waals surface area contributed by atoms with Crippen LogP contribution in [0.4, 0.5) is 15.3 Å². The maximum absolute atomic E-state index is 12.6. The van der Waals surface area contributed by atoms with Gasteiger partial charge in [-0.3, -0.25) is 30.1 Å². The summed E-state index contributed by atoms with van der Waals surface area (Å²) >= 11 is 0. The second kappa shape index (κ2) is 15.7. The zero-order chi connectivity index (χ0) is 30.6. The molecule has 0 spiro atoms. The molecule has 0 radical (unpaired) electrons. The Balaban J connectivity index is 1.15. The average Bonchev–Trinajstić information content (AvgIpc) is 3.38. The number of carbonyl (C=O) groups is 4. The molecule has 2 aromatic rings. The maximum atomic E-state index is 12.6. The van der Waals surface area contributed by atoms with Gasteiger partial charge in [0.05, 0.1) is 19.6 Å². The van der Waals surface area contributed by atoms with E-state index >= 15 is 0 Å². The molecule has 0 saturated carbocycles. The van der Waals surface area contributed by atoms with Gasteiger partial charge in [0.1, 0.15) is 25.1 Å². The fraction of sp³-hybridized carbons (Fsp3) is 0.433. The number of nitrogens with one attached hydrogen (secondary N) is 3. The van der Waals surface area contributed by atoms with Crippen LogP contribution in [0.3, 0.4) is 0 Å². The van der Waals surface area contributed by atoms with Gasteiger partial charge >= 0.3 is 24.1 Å². The molecule has 0 aliphatic carbocycles. The summed E-state index contributed by atoms with van der Waals surface area (Å²) in [6, 6.07) is 15.5. The van der Waals surface area contributed by atoms with E-state index in [-0.39, 0.29) is 37.7 Å². The highest BCUT2D eigenvalue weighted by molar-refractivity contribution is 6.06. The minimum Gasteiger partial charge on any atom is -0.465 e. The summed E-state index contributed by atoms with van der Waals surface area (Å²) in [6.45, 7) is 6.78. The van der Waals surface area contributed by atoms with Crippen molar-refractivity contribution < 1.29 is 33.4 Å². The largest absolute Gasteiger partial charge is 0.465 e. The lowest BCUT2D eigenvalue weighted by Gasteiger charge is -2.35. The van der Waals surface area contributed by atoms with Gasteiger partial charge < -0.3 is 24.4 Å². The molecule has 13 nitrogen and oxygen atoms in total. The smallest absolute Gasteiger partial charge is 0.414 e. The van der Waals surface area contributed by atoms with E-state index in [4.69, 9.17) is 19.6 Å². The third-order valence-corrected chi connectivity index (χ3v) is 7.08. The molecule has 2 saturated heterocycles. The van der Waals surface area contributed by atoms with E-state index in [1.807, 2.05) is 30.3 Å². The van der Waals surface area contributed by atoms with Gasteiger partial charge in [0, 0.05) is 50.5 Å². The van der Waals surface area contributed by atoms with Crippen molar-refractivity contribution in [3.63, 3.8) is 0 Å². The predicted molar refractivity (Wildman–Crippen MR) is 158 cm³/mol. The van der Waals surface area contributed by atoms with Gasteiger partial charge in [0.2, 0.25) is 0 Å². The number of nitrogens with zero attached hydrogens (tertiary/aromatic N) is 3. The first kappa shape index (κ1) is 31.4. The number of anilines is 1. The third-order valence-electron chi connectivity index (χ3n) is 7.08. The van der Waals surface area contributed by atoms with E-state index in [0.29, 0.717) is 37.3 Å². The second-order valence-corrected chi connectivity index (χ2v) is 10.2. The van der Waals surface area contributed by atoms with Crippen LogP contribution in [0.25, 0.3) is 0 Å². The van der Waals surface area contributed by atoms with E-state index in [2.05, 4.69) is 20.4 Å². The van der Waals surface area contributed by atoms with Crippen LogP contribution >= 0.6 is 0 Å². The number of esters is 2. The number of ether oxygens (including phenoxy) is 3. The van der Waals surface area contributed by atoms with E-state index in [9.17, 15) is 19.2 Å². The molecular formula is C30H38N6O7. The van der Waals surface area contributed by atoms with Crippen LogP contribution in [0.5, 0.6) is 0 Å². The normalized spacial score (nSPS) is 17.2. The number of benzene rings is 2. The molecule has 1 unspecified atom stereocenters. The Hall–Kier alpha value is -4.49. The molecule has 0 bridgehead atoms. The molecule has 0 aromatic heterocycles. The molecule has 3 amide bonds. The second-order valence-electron chi connectivity index (χ2n) is 10.2. The van der Waals surface area contributed by atoms with Crippen molar-refractivity contribution in [3.05, 3.63) is 65.7 Å². The van der Waals surface area contributed by atoms with Crippen molar-refractivity contribution in [3.8, 4) is 0 Å². The molecule has 2 aliphatic rings. The van der Waals surface area contributed by atoms with Crippen LogP contribution in [0, 0.1) is 5.41 Å². The minimum absolute atomic E-state index is 0.155. The molecule has 4 rings (SSSR count). The van der Waals surface area contributed by atoms with Crippen molar-refractivity contribution in [1.82, 2.24) is 20.4 Å². The number of hydrogen-bond acceptors (Lipinski definition) is 10. The van der Waals surface area contributed by atoms with E-state index in [1.54, 1.807) is 36.1 Å². The number of amidine groups is 1.